The number of nitrogens with one attached hydrogen (secondary N) is 1. The summed E-state index contributed by atoms with van der Waals surface area (Å²) in [6.07, 6.45) is 1.07. The molecule has 0 saturated carbocycles. The molecule has 0 amide bonds. The Hall–Kier alpha value is -1.40. The molecule has 0 saturated heterocycles. The molecule has 0 unspecified atom stereocenters. The van der Waals surface area contributed by atoms with Gasteiger partial charge in [0.2, 0.25) is 10.0 Å². The summed E-state index contributed by atoms with van der Waals surface area (Å²) < 4.78 is 24.2. The highest BCUT2D eigenvalue weighted by atomic mass is 32.2. The van der Waals surface area contributed by atoms with Gasteiger partial charge in [0.05, 0.1) is 12.7 Å². The molecule has 0 atom stereocenters. The summed E-state index contributed by atoms with van der Waals surface area (Å²) in [5.74, 6) is -0.880. The van der Waals surface area contributed by atoms with Crippen molar-refractivity contribution in [1.82, 2.24) is 4.72 Å². The standard InChI is InChI=1S/C11H15NO4S/c1-8-5-9(7-12-17(2,15)16)3-4-10(8)6-11(13)14/h3-5,12H,6-7H2,1-2H3,(H,13,14). The van der Waals surface area contributed by atoms with Gasteiger partial charge in [0, 0.05) is 6.54 Å². The molecule has 0 aliphatic heterocycles. The second-order valence-corrected chi connectivity index (χ2v) is 5.76. The van der Waals surface area contributed by atoms with E-state index in [0.717, 1.165) is 22.9 Å². The zero-order chi connectivity index (χ0) is 13.1. The van der Waals surface area contributed by atoms with E-state index >= 15 is 0 Å². The summed E-state index contributed by atoms with van der Waals surface area (Å²) in [6.45, 7) is 2.02. The summed E-state index contributed by atoms with van der Waals surface area (Å²) in [5, 5.41) is 8.68. The van der Waals surface area contributed by atoms with Crippen molar-refractivity contribution in [2.45, 2.75) is 19.9 Å². The molecule has 0 fully saturated rings. The van der Waals surface area contributed by atoms with Crippen LogP contribution in [0.3, 0.4) is 0 Å². The number of aryl methyl sites for hydroxylation is 1. The summed E-state index contributed by atoms with van der Waals surface area (Å²) in [4.78, 5) is 10.6. The van der Waals surface area contributed by atoms with E-state index in [1.165, 1.54) is 0 Å². The second-order valence-electron chi connectivity index (χ2n) is 3.92. The van der Waals surface area contributed by atoms with Crippen molar-refractivity contribution < 1.29 is 18.3 Å². The Labute approximate surface area is 101 Å². The minimum Gasteiger partial charge on any atom is -0.481 e. The first kappa shape index (κ1) is 13.7. The number of hydrogen-bond donors (Lipinski definition) is 2. The van der Waals surface area contributed by atoms with Crippen LogP contribution in [0.1, 0.15) is 16.7 Å². The van der Waals surface area contributed by atoms with Gasteiger partial charge in [-0.15, -0.1) is 0 Å². The van der Waals surface area contributed by atoms with Crippen LogP contribution in [0.5, 0.6) is 0 Å². The predicted molar refractivity (Wildman–Crippen MR) is 64.2 cm³/mol. The maximum absolute atomic E-state index is 10.9. The average molecular weight is 257 g/mol. The van der Waals surface area contributed by atoms with Crippen molar-refractivity contribution in [3.05, 3.63) is 34.9 Å². The van der Waals surface area contributed by atoms with Gasteiger partial charge in [0.15, 0.2) is 0 Å². The van der Waals surface area contributed by atoms with Crippen molar-refractivity contribution in [3.63, 3.8) is 0 Å². The molecule has 0 aliphatic carbocycles. The highest BCUT2D eigenvalue weighted by Gasteiger charge is 2.06. The van der Waals surface area contributed by atoms with Crippen LogP contribution in [-0.4, -0.2) is 25.7 Å². The third kappa shape index (κ3) is 4.97. The van der Waals surface area contributed by atoms with Crippen LogP contribution in [-0.2, 0) is 27.8 Å². The molecular weight excluding hydrogens is 242 g/mol. The maximum atomic E-state index is 10.9. The molecule has 0 heterocycles. The minimum absolute atomic E-state index is 0.0222. The lowest BCUT2D eigenvalue weighted by Gasteiger charge is -2.07. The van der Waals surface area contributed by atoms with Crippen LogP contribution in [0.25, 0.3) is 0 Å². The topological polar surface area (TPSA) is 83.5 Å². The summed E-state index contributed by atoms with van der Waals surface area (Å²) >= 11 is 0. The van der Waals surface area contributed by atoms with Gasteiger partial charge in [0.1, 0.15) is 0 Å². The molecule has 1 rings (SSSR count). The van der Waals surface area contributed by atoms with Crippen LogP contribution >= 0.6 is 0 Å². The molecule has 17 heavy (non-hydrogen) atoms. The van der Waals surface area contributed by atoms with Gasteiger partial charge in [-0.25, -0.2) is 13.1 Å². The van der Waals surface area contributed by atoms with Crippen molar-refractivity contribution >= 4 is 16.0 Å². The predicted octanol–water partition coefficient (Wildman–Crippen LogP) is 0.671. The molecule has 0 aromatic heterocycles. The number of rotatable bonds is 5. The molecule has 94 valence electrons. The van der Waals surface area contributed by atoms with E-state index < -0.39 is 16.0 Å². The Morgan fingerprint density at radius 1 is 1.41 bits per heavy atom. The molecule has 6 heteroatoms. The van der Waals surface area contributed by atoms with Crippen LogP contribution in [0.2, 0.25) is 0 Å². The van der Waals surface area contributed by atoms with Crippen LogP contribution in [0, 0.1) is 6.92 Å². The van der Waals surface area contributed by atoms with E-state index in [4.69, 9.17) is 5.11 Å². The Morgan fingerprint density at radius 3 is 2.53 bits per heavy atom. The van der Waals surface area contributed by atoms with Gasteiger partial charge in [0.25, 0.3) is 0 Å². The fourth-order valence-electron chi connectivity index (χ4n) is 1.44. The Kier molecular flexibility index (Phi) is 4.25. The van der Waals surface area contributed by atoms with Crippen molar-refractivity contribution in [2.75, 3.05) is 6.26 Å². The molecule has 0 radical (unpaired) electrons. The van der Waals surface area contributed by atoms with Crippen LogP contribution in [0.15, 0.2) is 18.2 Å². The van der Waals surface area contributed by atoms with E-state index in [1.54, 1.807) is 18.2 Å². The first-order valence-corrected chi connectivity index (χ1v) is 6.92. The highest BCUT2D eigenvalue weighted by Crippen LogP contribution is 2.12. The number of carbonyl (C=O) groups is 1. The van der Waals surface area contributed by atoms with E-state index in [0.29, 0.717) is 0 Å². The number of carboxylic acid groups (broad SMARTS) is 1. The zero-order valence-corrected chi connectivity index (χ0v) is 10.5. The van der Waals surface area contributed by atoms with Gasteiger partial charge in [-0.2, -0.15) is 0 Å². The minimum atomic E-state index is -3.21. The zero-order valence-electron chi connectivity index (χ0n) is 9.73. The Balaban J connectivity index is 2.78. The Morgan fingerprint density at radius 2 is 2.06 bits per heavy atom. The number of hydrogen-bond acceptors (Lipinski definition) is 3. The normalized spacial score (nSPS) is 11.4. The van der Waals surface area contributed by atoms with Crippen LogP contribution in [0.4, 0.5) is 0 Å². The van der Waals surface area contributed by atoms with Crippen molar-refractivity contribution in [3.8, 4) is 0 Å². The molecule has 0 aliphatic rings. The molecule has 0 spiro atoms. The SMILES string of the molecule is Cc1cc(CNS(C)(=O)=O)ccc1CC(=O)O. The summed E-state index contributed by atoms with van der Waals surface area (Å²) in [7, 11) is -3.21. The van der Waals surface area contributed by atoms with Gasteiger partial charge < -0.3 is 5.11 Å². The number of carboxylic acids is 1. The highest BCUT2D eigenvalue weighted by molar-refractivity contribution is 7.88. The van der Waals surface area contributed by atoms with E-state index in [9.17, 15) is 13.2 Å². The number of aliphatic carboxylic acids is 1. The van der Waals surface area contributed by atoms with Gasteiger partial charge in [-0.05, 0) is 23.6 Å². The largest absolute Gasteiger partial charge is 0.481 e. The monoisotopic (exact) mass is 257 g/mol. The van der Waals surface area contributed by atoms with E-state index in [2.05, 4.69) is 4.72 Å². The quantitative estimate of drug-likeness (QED) is 0.812. The van der Waals surface area contributed by atoms with Crippen molar-refractivity contribution in [1.29, 1.82) is 0 Å². The number of sulfonamides is 1. The lowest BCUT2D eigenvalue weighted by Crippen LogP contribution is -2.21. The third-order valence-corrected chi connectivity index (χ3v) is 2.96. The molecule has 2 N–H and O–H groups in total. The molecule has 5 nitrogen and oxygen atoms in total. The lowest BCUT2D eigenvalue weighted by molar-refractivity contribution is -0.136. The van der Waals surface area contributed by atoms with E-state index in [-0.39, 0.29) is 13.0 Å². The van der Waals surface area contributed by atoms with Crippen molar-refractivity contribution in [2.24, 2.45) is 0 Å². The summed E-state index contributed by atoms with van der Waals surface area (Å²) in [5.41, 5.74) is 2.39. The molecule has 1 aromatic rings. The summed E-state index contributed by atoms with van der Waals surface area (Å²) in [6, 6.07) is 5.22. The van der Waals surface area contributed by atoms with Gasteiger partial charge >= 0.3 is 5.97 Å². The Bertz CT molecular complexity index is 522. The first-order chi connectivity index (χ1) is 7.78. The fourth-order valence-corrected chi connectivity index (χ4v) is 1.87. The van der Waals surface area contributed by atoms with E-state index in [1.807, 2.05) is 6.92 Å². The smallest absolute Gasteiger partial charge is 0.307 e. The second kappa shape index (κ2) is 5.29. The van der Waals surface area contributed by atoms with Gasteiger partial charge in [-0.3, -0.25) is 4.79 Å². The molecular formula is C11H15NO4S. The third-order valence-electron chi connectivity index (χ3n) is 2.29. The first-order valence-electron chi connectivity index (χ1n) is 5.03. The maximum Gasteiger partial charge on any atom is 0.307 e. The average Bonchev–Trinajstić information content (AvgIpc) is 2.17. The van der Waals surface area contributed by atoms with Crippen LogP contribution < -0.4 is 4.72 Å². The van der Waals surface area contributed by atoms with Gasteiger partial charge in [-0.1, -0.05) is 18.2 Å². The fraction of sp³-hybridized carbons (Fsp3) is 0.364. The lowest BCUT2D eigenvalue weighted by atomic mass is 10.0. The number of benzene rings is 1. The molecule has 1 aromatic carbocycles. The molecule has 0 bridgehead atoms.